The van der Waals surface area contributed by atoms with Crippen LogP contribution in [0, 0.1) is 0 Å². The molecule has 2 N–H and O–H groups in total. The average Bonchev–Trinajstić information content (AvgIpc) is 2.49. The van der Waals surface area contributed by atoms with Gasteiger partial charge in [0.15, 0.2) is 12.4 Å². The predicted molar refractivity (Wildman–Crippen MR) is 102 cm³/mol. The van der Waals surface area contributed by atoms with Crippen molar-refractivity contribution >= 4 is 40.6 Å². The van der Waals surface area contributed by atoms with Gasteiger partial charge in [0, 0.05) is 27.9 Å². The minimum Gasteiger partial charge on any atom is -0.507 e. The Kier molecular flexibility index (Phi) is 5.22. The Morgan fingerprint density at radius 1 is 1.22 bits per heavy atom. The largest absolute Gasteiger partial charge is 0.507 e. The van der Waals surface area contributed by atoms with Gasteiger partial charge < -0.3 is 19.9 Å². The molecule has 8 heteroatoms. The van der Waals surface area contributed by atoms with E-state index in [1.165, 1.54) is 12.1 Å². The molecule has 142 valence electrons. The topological polar surface area (TPSA) is 84.9 Å². The molecule has 1 heterocycles. The molecule has 3 rings (SSSR count). The van der Waals surface area contributed by atoms with Crippen LogP contribution >= 0.6 is 23.2 Å². The van der Waals surface area contributed by atoms with Crippen molar-refractivity contribution in [2.24, 2.45) is 0 Å². The molecule has 1 aliphatic rings. The molecule has 0 unspecified atom stereocenters. The molecule has 0 bridgehead atoms. The molecule has 0 spiro atoms. The van der Waals surface area contributed by atoms with Crippen LogP contribution in [0.4, 0.5) is 5.69 Å². The van der Waals surface area contributed by atoms with Crippen molar-refractivity contribution in [3.63, 3.8) is 0 Å². The molecule has 0 radical (unpaired) electrons. The molecule has 2 aromatic rings. The van der Waals surface area contributed by atoms with E-state index in [1.54, 1.807) is 32.0 Å². The fourth-order valence-corrected chi connectivity index (χ4v) is 3.33. The van der Waals surface area contributed by atoms with Crippen LogP contribution in [-0.4, -0.2) is 29.0 Å². The Morgan fingerprint density at radius 2 is 1.89 bits per heavy atom. The van der Waals surface area contributed by atoms with Crippen LogP contribution in [0.3, 0.4) is 0 Å². The van der Waals surface area contributed by atoms with Gasteiger partial charge in [-0.15, -0.1) is 0 Å². The van der Waals surface area contributed by atoms with Crippen molar-refractivity contribution in [3.8, 4) is 17.2 Å². The molecule has 0 aliphatic carbocycles. The summed E-state index contributed by atoms with van der Waals surface area (Å²) in [6.07, 6.45) is 0.165. The third-order valence-corrected chi connectivity index (χ3v) is 4.26. The van der Waals surface area contributed by atoms with Gasteiger partial charge in [0.05, 0.1) is 6.42 Å². The zero-order chi connectivity index (χ0) is 19.8. The number of anilines is 1. The van der Waals surface area contributed by atoms with E-state index in [-0.39, 0.29) is 41.6 Å². The number of Topliss-reactive ketones (excluding diaryl/α,β-unsaturated/α-hetero) is 1. The van der Waals surface area contributed by atoms with E-state index in [0.717, 1.165) is 0 Å². The van der Waals surface area contributed by atoms with Gasteiger partial charge in [0.2, 0.25) is 0 Å². The number of phenolic OH excluding ortho intramolecular Hbond substituents is 1. The number of rotatable bonds is 4. The second-order valence-corrected chi connectivity index (χ2v) is 7.65. The highest BCUT2D eigenvalue weighted by Gasteiger charge is 2.35. The van der Waals surface area contributed by atoms with Crippen LogP contribution < -0.4 is 14.8 Å². The summed E-state index contributed by atoms with van der Waals surface area (Å²) in [6.45, 7) is 3.24. The molecule has 1 amide bonds. The van der Waals surface area contributed by atoms with E-state index in [2.05, 4.69) is 5.32 Å². The highest BCUT2D eigenvalue weighted by atomic mass is 35.5. The van der Waals surface area contributed by atoms with Gasteiger partial charge >= 0.3 is 0 Å². The quantitative estimate of drug-likeness (QED) is 0.778. The summed E-state index contributed by atoms with van der Waals surface area (Å²) in [5, 5.41) is 13.5. The van der Waals surface area contributed by atoms with Crippen LogP contribution in [-0.2, 0) is 4.79 Å². The maximum absolute atomic E-state index is 12.2. The maximum Gasteiger partial charge on any atom is 0.262 e. The Bertz CT molecular complexity index is 906. The van der Waals surface area contributed by atoms with E-state index in [9.17, 15) is 14.7 Å². The lowest BCUT2D eigenvalue weighted by Gasteiger charge is -2.32. The molecule has 1 aliphatic heterocycles. The molecule has 2 aromatic carbocycles. The summed E-state index contributed by atoms with van der Waals surface area (Å²) in [5.74, 6) is -0.460. The van der Waals surface area contributed by atoms with Gasteiger partial charge in [-0.25, -0.2) is 0 Å². The normalized spacial score (nSPS) is 14.9. The lowest BCUT2D eigenvalue weighted by molar-refractivity contribution is -0.118. The van der Waals surface area contributed by atoms with E-state index in [0.29, 0.717) is 15.7 Å². The van der Waals surface area contributed by atoms with Crippen LogP contribution in [0.5, 0.6) is 17.2 Å². The number of hydrogen-bond acceptors (Lipinski definition) is 5. The molecular formula is C19H17Cl2NO5. The van der Waals surface area contributed by atoms with Gasteiger partial charge in [0.1, 0.15) is 28.4 Å². The van der Waals surface area contributed by atoms with Crippen molar-refractivity contribution in [2.75, 3.05) is 11.9 Å². The molecule has 27 heavy (non-hydrogen) atoms. The highest BCUT2D eigenvalue weighted by Crippen LogP contribution is 2.40. The van der Waals surface area contributed by atoms with Crippen molar-refractivity contribution in [1.29, 1.82) is 0 Å². The first-order valence-corrected chi connectivity index (χ1v) is 8.86. The van der Waals surface area contributed by atoms with Crippen LogP contribution in [0.1, 0.15) is 30.6 Å². The van der Waals surface area contributed by atoms with Gasteiger partial charge in [-0.05, 0) is 32.0 Å². The molecule has 6 nitrogen and oxygen atoms in total. The van der Waals surface area contributed by atoms with Crippen LogP contribution in [0.25, 0.3) is 0 Å². The molecule has 0 saturated carbocycles. The number of ketones is 1. The summed E-state index contributed by atoms with van der Waals surface area (Å²) in [5.41, 5.74) is -0.122. The van der Waals surface area contributed by atoms with Gasteiger partial charge in [0.25, 0.3) is 5.91 Å². The van der Waals surface area contributed by atoms with Crippen LogP contribution in [0.15, 0.2) is 30.3 Å². The number of aromatic hydroxyl groups is 1. The summed E-state index contributed by atoms with van der Waals surface area (Å²) in [7, 11) is 0. The lowest BCUT2D eigenvalue weighted by atomic mass is 9.92. The monoisotopic (exact) mass is 409 g/mol. The van der Waals surface area contributed by atoms with Crippen molar-refractivity contribution in [2.45, 2.75) is 25.9 Å². The minimum atomic E-state index is -0.682. The third-order valence-electron chi connectivity index (χ3n) is 3.82. The molecule has 0 aromatic heterocycles. The number of carbonyl (C=O) groups is 2. The van der Waals surface area contributed by atoms with Gasteiger partial charge in [-0.1, -0.05) is 23.2 Å². The van der Waals surface area contributed by atoms with Crippen molar-refractivity contribution in [1.82, 2.24) is 0 Å². The number of halogens is 2. The third kappa shape index (κ3) is 4.64. The number of phenols is 1. The van der Waals surface area contributed by atoms with Crippen LogP contribution in [0.2, 0.25) is 10.0 Å². The van der Waals surface area contributed by atoms with Crippen molar-refractivity contribution in [3.05, 3.63) is 45.9 Å². The summed E-state index contributed by atoms with van der Waals surface area (Å²) in [4.78, 5) is 24.3. The zero-order valence-electron chi connectivity index (χ0n) is 14.6. The maximum atomic E-state index is 12.2. The first kappa shape index (κ1) is 19.3. The Balaban J connectivity index is 1.70. The van der Waals surface area contributed by atoms with E-state index < -0.39 is 11.5 Å². The zero-order valence-corrected chi connectivity index (χ0v) is 16.1. The first-order chi connectivity index (χ1) is 12.6. The Hall–Kier alpha value is -2.44. The SMILES string of the molecule is CC1(C)CC(=O)c2c(O)cc(OCC(=O)Nc3cc(Cl)cc(Cl)c3)cc2O1. The summed E-state index contributed by atoms with van der Waals surface area (Å²) >= 11 is 11.8. The molecule has 0 saturated heterocycles. The number of amides is 1. The second kappa shape index (κ2) is 7.29. The second-order valence-electron chi connectivity index (χ2n) is 6.77. The Morgan fingerprint density at radius 3 is 2.56 bits per heavy atom. The smallest absolute Gasteiger partial charge is 0.262 e. The number of carbonyl (C=O) groups excluding carboxylic acids is 2. The first-order valence-electron chi connectivity index (χ1n) is 8.11. The van der Waals surface area contributed by atoms with Gasteiger partial charge in [-0.3, -0.25) is 9.59 Å². The number of benzene rings is 2. The molecule has 0 fully saturated rings. The number of ether oxygens (including phenoxy) is 2. The van der Waals surface area contributed by atoms with Gasteiger partial charge in [-0.2, -0.15) is 0 Å². The predicted octanol–water partition coefficient (Wildman–Crippen LogP) is 4.46. The molecular weight excluding hydrogens is 393 g/mol. The van der Waals surface area contributed by atoms with E-state index >= 15 is 0 Å². The van der Waals surface area contributed by atoms with E-state index in [1.807, 2.05) is 0 Å². The summed E-state index contributed by atoms with van der Waals surface area (Å²) < 4.78 is 11.2. The minimum absolute atomic E-state index is 0.125. The standard InChI is InChI=1S/C19H17Cl2NO5/c1-19(2)8-15(24)18-14(23)6-13(7-16(18)27-19)26-9-17(25)22-12-4-10(20)3-11(21)5-12/h3-7,23H,8-9H2,1-2H3,(H,22,25). The average molecular weight is 410 g/mol. The fraction of sp³-hybridized carbons (Fsp3) is 0.263. The summed E-state index contributed by atoms with van der Waals surface area (Å²) in [6, 6.07) is 7.42. The van der Waals surface area contributed by atoms with Crippen molar-refractivity contribution < 1.29 is 24.2 Å². The molecule has 0 atom stereocenters. The number of nitrogens with one attached hydrogen (secondary N) is 1. The number of fused-ring (bicyclic) bond motifs is 1. The highest BCUT2D eigenvalue weighted by molar-refractivity contribution is 6.35. The Labute approximate surface area is 166 Å². The van der Waals surface area contributed by atoms with E-state index in [4.69, 9.17) is 32.7 Å². The number of hydrogen-bond donors (Lipinski definition) is 2. The lowest BCUT2D eigenvalue weighted by Crippen LogP contribution is -2.35. The fourth-order valence-electron chi connectivity index (χ4n) is 2.80.